The SMILES string of the molecule is C.CCOC(=O)Nc1nc2c(-c3ccc(C(=O)N4CCCC4)cn3)cc(-c3ccn(C)c(=O)c3)cc2[nH]1. The second kappa shape index (κ2) is 10.7. The number of aryl methyl sites for hydroxylation is 1. The zero-order chi connectivity index (χ0) is 25.2. The summed E-state index contributed by atoms with van der Waals surface area (Å²) >= 11 is 0. The minimum Gasteiger partial charge on any atom is -0.450 e. The molecule has 1 aromatic carbocycles. The number of nitrogens with zero attached hydrogens (tertiary/aromatic N) is 4. The highest BCUT2D eigenvalue weighted by Gasteiger charge is 2.20. The molecule has 0 bridgehead atoms. The third-order valence-electron chi connectivity index (χ3n) is 6.20. The van der Waals surface area contributed by atoms with Gasteiger partial charge in [0.15, 0.2) is 0 Å². The molecule has 37 heavy (non-hydrogen) atoms. The van der Waals surface area contributed by atoms with Crippen LogP contribution in [-0.2, 0) is 11.8 Å². The van der Waals surface area contributed by atoms with Crippen molar-refractivity contribution in [3.8, 4) is 22.4 Å². The predicted octanol–water partition coefficient (Wildman–Crippen LogP) is 4.43. The van der Waals surface area contributed by atoms with Crippen LogP contribution in [0.1, 0.15) is 37.6 Å². The molecule has 1 aliphatic heterocycles. The number of amides is 2. The van der Waals surface area contributed by atoms with E-state index >= 15 is 0 Å². The van der Waals surface area contributed by atoms with Crippen molar-refractivity contribution in [2.75, 3.05) is 25.0 Å². The summed E-state index contributed by atoms with van der Waals surface area (Å²) in [6, 6.07) is 10.7. The Morgan fingerprint density at radius 1 is 1.11 bits per heavy atom. The second-order valence-corrected chi connectivity index (χ2v) is 8.65. The summed E-state index contributed by atoms with van der Waals surface area (Å²) < 4.78 is 6.45. The van der Waals surface area contributed by atoms with E-state index in [2.05, 4.69) is 20.3 Å². The van der Waals surface area contributed by atoms with Crippen LogP contribution < -0.4 is 10.9 Å². The highest BCUT2D eigenvalue weighted by Crippen LogP contribution is 2.33. The number of H-pyrrole nitrogens is 1. The summed E-state index contributed by atoms with van der Waals surface area (Å²) in [6.45, 7) is 3.49. The number of benzene rings is 1. The van der Waals surface area contributed by atoms with E-state index in [-0.39, 0.29) is 31.4 Å². The fourth-order valence-electron chi connectivity index (χ4n) is 4.31. The molecule has 4 aromatic rings. The van der Waals surface area contributed by atoms with E-state index in [0.717, 1.165) is 37.1 Å². The highest BCUT2D eigenvalue weighted by atomic mass is 16.5. The molecule has 10 heteroatoms. The molecule has 1 aliphatic rings. The topological polar surface area (TPSA) is 122 Å². The molecular weight excluding hydrogens is 472 g/mol. The number of aromatic nitrogens is 4. The molecule has 10 nitrogen and oxygen atoms in total. The van der Waals surface area contributed by atoms with Crippen LogP contribution in [0.25, 0.3) is 33.4 Å². The lowest BCUT2D eigenvalue weighted by Crippen LogP contribution is -2.27. The van der Waals surface area contributed by atoms with E-state index in [1.165, 1.54) is 4.57 Å². The molecule has 5 rings (SSSR count). The Hall–Kier alpha value is -4.47. The quantitative estimate of drug-likeness (QED) is 0.416. The first-order chi connectivity index (χ1) is 17.4. The van der Waals surface area contributed by atoms with Gasteiger partial charge >= 0.3 is 6.09 Å². The van der Waals surface area contributed by atoms with Gasteiger partial charge in [0.1, 0.15) is 0 Å². The molecule has 0 saturated carbocycles. The van der Waals surface area contributed by atoms with Gasteiger partial charge in [0.2, 0.25) is 5.95 Å². The van der Waals surface area contributed by atoms with Gasteiger partial charge in [0.05, 0.1) is 28.9 Å². The average Bonchev–Trinajstić information content (AvgIpc) is 3.55. The molecule has 1 fully saturated rings. The van der Waals surface area contributed by atoms with E-state index < -0.39 is 6.09 Å². The van der Waals surface area contributed by atoms with Crippen LogP contribution in [-0.4, -0.2) is 56.1 Å². The van der Waals surface area contributed by atoms with Crippen molar-refractivity contribution in [3.05, 3.63) is 64.7 Å². The van der Waals surface area contributed by atoms with E-state index in [4.69, 9.17) is 4.74 Å². The van der Waals surface area contributed by atoms with Crippen LogP contribution >= 0.6 is 0 Å². The Morgan fingerprint density at radius 2 is 1.89 bits per heavy atom. The Bertz CT molecular complexity index is 1500. The minimum absolute atomic E-state index is 0. The molecular formula is C27H30N6O4. The van der Waals surface area contributed by atoms with Crippen LogP contribution in [0.4, 0.5) is 10.7 Å². The number of nitrogens with one attached hydrogen (secondary N) is 2. The molecule has 0 aliphatic carbocycles. The van der Waals surface area contributed by atoms with E-state index in [1.54, 1.807) is 44.6 Å². The zero-order valence-corrected chi connectivity index (χ0v) is 20.1. The number of ether oxygens (including phenoxy) is 1. The smallest absolute Gasteiger partial charge is 0.413 e. The third kappa shape index (κ3) is 5.23. The molecule has 4 heterocycles. The number of rotatable bonds is 5. The summed E-state index contributed by atoms with van der Waals surface area (Å²) in [5.41, 5.74) is 4.44. The number of fused-ring (bicyclic) bond motifs is 1. The van der Waals surface area contributed by atoms with Crippen LogP contribution in [0, 0.1) is 0 Å². The maximum atomic E-state index is 12.7. The van der Waals surface area contributed by atoms with Gasteiger partial charge in [-0.1, -0.05) is 7.43 Å². The Kier molecular flexibility index (Phi) is 7.37. The first-order valence-electron chi connectivity index (χ1n) is 11.8. The number of carbonyl (C=O) groups excluding carboxylic acids is 2. The fourth-order valence-corrected chi connectivity index (χ4v) is 4.31. The fraction of sp³-hybridized carbons (Fsp3) is 0.296. The summed E-state index contributed by atoms with van der Waals surface area (Å²) in [7, 11) is 1.69. The van der Waals surface area contributed by atoms with Crippen molar-refractivity contribution in [2.24, 2.45) is 7.05 Å². The van der Waals surface area contributed by atoms with E-state index in [1.807, 2.05) is 23.1 Å². The lowest BCUT2D eigenvalue weighted by molar-refractivity contribution is 0.0792. The first kappa shape index (κ1) is 25.6. The Labute approximate surface area is 214 Å². The van der Waals surface area contributed by atoms with Crippen molar-refractivity contribution in [1.29, 1.82) is 0 Å². The standard InChI is InChI=1S/C26H26N6O4.CH4/c1-3-36-26(35)30-25-28-21-13-18(16-8-11-31(2)22(33)14-16)12-19(23(21)29-25)20-7-6-17(15-27-20)24(34)32-9-4-5-10-32;/h6-8,11-15H,3-5,9-10H2,1-2H3,(H2,28,29,30,35);1H4. The lowest BCUT2D eigenvalue weighted by Gasteiger charge is -2.15. The summed E-state index contributed by atoms with van der Waals surface area (Å²) in [5, 5.41) is 2.59. The van der Waals surface area contributed by atoms with Gasteiger partial charge in [-0.15, -0.1) is 0 Å². The predicted molar refractivity (Wildman–Crippen MR) is 143 cm³/mol. The van der Waals surface area contributed by atoms with Crippen molar-refractivity contribution in [1.82, 2.24) is 24.4 Å². The van der Waals surface area contributed by atoms with Crippen molar-refractivity contribution >= 4 is 29.0 Å². The summed E-state index contributed by atoms with van der Waals surface area (Å²) in [6.07, 6.45) is 4.71. The molecule has 0 radical (unpaired) electrons. The van der Waals surface area contributed by atoms with Gasteiger partial charge in [0.25, 0.3) is 11.5 Å². The highest BCUT2D eigenvalue weighted by molar-refractivity contribution is 5.98. The van der Waals surface area contributed by atoms with Gasteiger partial charge in [-0.05, 0) is 61.2 Å². The normalized spacial score (nSPS) is 12.9. The molecule has 0 spiro atoms. The monoisotopic (exact) mass is 502 g/mol. The maximum absolute atomic E-state index is 12.7. The van der Waals surface area contributed by atoms with Crippen molar-refractivity contribution in [2.45, 2.75) is 27.2 Å². The van der Waals surface area contributed by atoms with Gasteiger partial charge in [-0.2, -0.15) is 0 Å². The maximum Gasteiger partial charge on any atom is 0.413 e. The second-order valence-electron chi connectivity index (χ2n) is 8.65. The summed E-state index contributed by atoms with van der Waals surface area (Å²) in [5.74, 6) is 0.206. The molecule has 3 aromatic heterocycles. The number of imidazole rings is 1. The molecule has 0 unspecified atom stereocenters. The third-order valence-corrected chi connectivity index (χ3v) is 6.20. The van der Waals surface area contributed by atoms with Crippen molar-refractivity contribution in [3.63, 3.8) is 0 Å². The molecule has 192 valence electrons. The van der Waals surface area contributed by atoms with Crippen LogP contribution in [0.2, 0.25) is 0 Å². The van der Waals surface area contributed by atoms with Crippen LogP contribution in [0.15, 0.2) is 53.6 Å². The van der Waals surface area contributed by atoms with Crippen LogP contribution in [0.5, 0.6) is 0 Å². The van der Waals surface area contributed by atoms with E-state index in [9.17, 15) is 14.4 Å². The number of hydrogen-bond donors (Lipinski definition) is 2. The Balaban J connectivity index is 0.00000320. The van der Waals surface area contributed by atoms with Crippen molar-refractivity contribution < 1.29 is 14.3 Å². The number of carbonyl (C=O) groups is 2. The van der Waals surface area contributed by atoms with Gasteiger partial charge in [-0.25, -0.2) is 9.78 Å². The molecule has 1 saturated heterocycles. The number of hydrogen-bond acceptors (Lipinski definition) is 6. The zero-order valence-electron chi connectivity index (χ0n) is 20.1. The van der Waals surface area contributed by atoms with Gasteiger partial charge < -0.3 is 19.2 Å². The number of anilines is 1. The lowest BCUT2D eigenvalue weighted by atomic mass is 10.00. The van der Waals surface area contributed by atoms with Gasteiger partial charge in [0, 0.05) is 44.2 Å². The number of pyridine rings is 2. The minimum atomic E-state index is -0.618. The number of aromatic amines is 1. The summed E-state index contributed by atoms with van der Waals surface area (Å²) in [4.78, 5) is 51.0. The Morgan fingerprint density at radius 3 is 2.57 bits per heavy atom. The number of likely N-dealkylation sites (tertiary alicyclic amines) is 1. The average molecular weight is 503 g/mol. The largest absolute Gasteiger partial charge is 0.450 e. The van der Waals surface area contributed by atoms with Crippen LogP contribution in [0.3, 0.4) is 0 Å². The first-order valence-corrected chi connectivity index (χ1v) is 11.8. The van der Waals surface area contributed by atoms with E-state index in [0.29, 0.717) is 27.9 Å². The molecule has 2 N–H and O–H groups in total. The van der Waals surface area contributed by atoms with Gasteiger partial charge in [-0.3, -0.25) is 19.9 Å². The molecule has 2 amide bonds. The molecule has 0 atom stereocenters.